The summed E-state index contributed by atoms with van der Waals surface area (Å²) in [7, 11) is 0. The number of aryl methyl sites for hydroxylation is 1. The molecule has 196 valence electrons. The predicted octanol–water partition coefficient (Wildman–Crippen LogP) is 6.56. The Morgan fingerprint density at radius 3 is 2.34 bits per heavy atom. The monoisotopic (exact) mass is 513 g/mol. The van der Waals surface area contributed by atoms with E-state index >= 15 is 0 Å². The van der Waals surface area contributed by atoms with Crippen molar-refractivity contribution in [2.75, 3.05) is 18.5 Å². The summed E-state index contributed by atoms with van der Waals surface area (Å²) in [6.07, 6.45) is 2.38. The molecule has 0 bridgehead atoms. The molecule has 2 aromatic heterocycles. The fourth-order valence-electron chi connectivity index (χ4n) is 4.12. The molecule has 8 heteroatoms. The summed E-state index contributed by atoms with van der Waals surface area (Å²) in [5, 5.41) is 6.75. The van der Waals surface area contributed by atoms with Gasteiger partial charge in [-0.05, 0) is 43.5 Å². The number of benzene rings is 2. The van der Waals surface area contributed by atoms with Crippen LogP contribution in [-0.4, -0.2) is 35.4 Å². The van der Waals surface area contributed by atoms with E-state index in [1.54, 1.807) is 20.0 Å². The lowest BCUT2D eigenvalue weighted by Crippen LogP contribution is -2.16. The molecule has 0 saturated heterocycles. The van der Waals surface area contributed by atoms with Gasteiger partial charge in [-0.2, -0.15) is 0 Å². The molecule has 2 heterocycles. The lowest BCUT2D eigenvalue weighted by molar-refractivity contribution is -0.145. The van der Waals surface area contributed by atoms with Crippen molar-refractivity contribution in [2.45, 2.75) is 39.5 Å². The molecule has 4 aromatic rings. The molecule has 38 heavy (non-hydrogen) atoms. The minimum Gasteiger partial charge on any atom is -0.466 e. The molecular weight excluding hydrogens is 482 g/mol. The van der Waals surface area contributed by atoms with Crippen LogP contribution in [-0.2, 0) is 20.7 Å². The molecule has 4 rings (SSSR count). The zero-order valence-electron chi connectivity index (χ0n) is 21.8. The Morgan fingerprint density at radius 2 is 1.68 bits per heavy atom. The number of rotatable bonds is 10. The smallest absolute Gasteiger partial charge is 0.411 e. The van der Waals surface area contributed by atoms with Crippen LogP contribution < -0.4 is 5.32 Å². The van der Waals surface area contributed by atoms with Gasteiger partial charge in [-0.1, -0.05) is 66.7 Å². The Bertz CT molecular complexity index is 1350. The van der Waals surface area contributed by atoms with Crippen LogP contribution in [0.15, 0.2) is 77.4 Å². The molecule has 0 aliphatic rings. The summed E-state index contributed by atoms with van der Waals surface area (Å²) in [6.45, 7) is 6.13. The van der Waals surface area contributed by atoms with E-state index in [-0.39, 0.29) is 18.5 Å². The number of nitrogens with zero attached hydrogens (tertiary/aromatic N) is 2. The van der Waals surface area contributed by atoms with Crippen LogP contribution in [0, 0.1) is 6.92 Å². The van der Waals surface area contributed by atoms with Gasteiger partial charge in [0, 0.05) is 23.7 Å². The van der Waals surface area contributed by atoms with Gasteiger partial charge in [-0.15, -0.1) is 0 Å². The van der Waals surface area contributed by atoms with E-state index in [1.165, 1.54) is 0 Å². The number of hydrogen-bond donors (Lipinski definition) is 1. The number of anilines is 1. The van der Waals surface area contributed by atoms with Crippen LogP contribution in [0.2, 0.25) is 0 Å². The van der Waals surface area contributed by atoms with Crippen LogP contribution in [0.1, 0.15) is 43.0 Å². The first-order valence-electron chi connectivity index (χ1n) is 12.7. The van der Waals surface area contributed by atoms with Crippen molar-refractivity contribution in [2.24, 2.45) is 0 Å². The Kier molecular flexibility index (Phi) is 8.87. The van der Waals surface area contributed by atoms with E-state index in [0.29, 0.717) is 42.2 Å². The number of hydrogen-bond acceptors (Lipinski definition) is 7. The maximum Gasteiger partial charge on any atom is 0.411 e. The van der Waals surface area contributed by atoms with E-state index in [1.807, 2.05) is 73.7 Å². The minimum atomic E-state index is -0.577. The van der Waals surface area contributed by atoms with E-state index in [0.717, 1.165) is 22.4 Å². The number of amides is 1. The second-order valence-electron chi connectivity index (χ2n) is 8.74. The molecule has 0 aliphatic carbocycles. The number of nitrogens with one attached hydrogen (secondary N) is 1. The number of ether oxygens (including phenoxy) is 2. The first-order valence-corrected chi connectivity index (χ1v) is 12.7. The zero-order chi connectivity index (χ0) is 26.9. The maximum absolute atomic E-state index is 12.4. The first kappa shape index (κ1) is 26.6. The summed E-state index contributed by atoms with van der Waals surface area (Å²) in [4.78, 5) is 29.2. The van der Waals surface area contributed by atoms with Crippen molar-refractivity contribution in [1.29, 1.82) is 0 Å². The molecule has 0 fully saturated rings. The molecule has 0 saturated carbocycles. The highest BCUT2D eigenvalue weighted by Crippen LogP contribution is 2.32. The highest BCUT2D eigenvalue weighted by molar-refractivity contribution is 5.90. The van der Waals surface area contributed by atoms with Crippen molar-refractivity contribution in [3.05, 3.63) is 89.7 Å². The highest BCUT2D eigenvalue weighted by atomic mass is 16.5. The summed E-state index contributed by atoms with van der Waals surface area (Å²) < 4.78 is 16.0. The number of aromatic nitrogens is 2. The third-order valence-corrected chi connectivity index (χ3v) is 6.17. The van der Waals surface area contributed by atoms with Crippen molar-refractivity contribution < 1.29 is 23.6 Å². The van der Waals surface area contributed by atoms with Crippen molar-refractivity contribution in [3.8, 4) is 22.6 Å². The number of esters is 1. The SMILES string of the molecule is CCOC(=O)[C@H](CC)c1ccc(-c2ccc(-c3onc(C)c3NC(=O)OCCc3ccccc3)cn2)cc1. The van der Waals surface area contributed by atoms with Gasteiger partial charge < -0.3 is 14.0 Å². The van der Waals surface area contributed by atoms with Crippen LogP contribution in [0.25, 0.3) is 22.6 Å². The Labute approximate surface area is 222 Å². The summed E-state index contributed by atoms with van der Waals surface area (Å²) >= 11 is 0. The van der Waals surface area contributed by atoms with Crippen molar-refractivity contribution in [1.82, 2.24) is 10.1 Å². The van der Waals surface area contributed by atoms with Crippen LogP contribution in [0.5, 0.6) is 0 Å². The lowest BCUT2D eigenvalue weighted by atomic mass is 9.95. The van der Waals surface area contributed by atoms with Gasteiger partial charge in [0.15, 0.2) is 5.76 Å². The average molecular weight is 514 g/mol. The third-order valence-electron chi connectivity index (χ3n) is 6.17. The Hall–Kier alpha value is -4.46. The second kappa shape index (κ2) is 12.7. The molecular formula is C30H31N3O5. The maximum atomic E-state index is 12.4. The van der Waals surface area contributed by atoms with Gasteiger partial charge in [0.05, 0.1) is 24.8 Å². The molecule has 1 atom stereocenters. The summed E-state index contributed by atoms with van der Waals surface area (Å²) in [5.41, 5.74) is 5.31. The van der Waals surface area contributed by atoms with Gasteiger partial charge in [0.1, 0.15) is 11.4 Å². The molecule has 1 N–H and O–H groups in total. The Morgan fingerprint density at radius 1 is 0.947 bits per heavy atom. The van der Waals surface area contributed by atoms with Gasteiger partial charge in [-0.25, -0.2) is 4.79 Å². The molecule has 0 aliphatic heterocycles. The molecule has 0 spiro atoms. The summed E-state index contributed by atoms with van der Waals surface area (Å²) in [6, 6.07) is 21.3. The predicted molar refractivity (Wildman–Crippen MR) is 145 cm³/mol. The van der Waals surface area contributed by atoms with Gasteiger partial charge >= 0.3 is 12.1 Å². The average Bonchev–Trinajstić information content (AvgIpc) is 3.30. The number of carbonyl (C=O) groups excluding carboxylic acids is 2. The number of carbonyl (C=O) groups is 2. The fourth-order valence-corrected chi connectivity index (χ4v) is 4.12. The quantitative estimate of drug-likeness (QED) is 0.240. The standard InChI is InChI=1S/C30H31N3O5/c1-4-25(29(34)36-5-2)22-11-13-23(14-12-22)26-16-15-24(19-31-26)28-27(20(3)33-38-28)32-30(35)37-18-17-21-9-7-6-8-10-21/h6-16,19,25H,4-5,17-18H2,1-3H3,(H,32,35)/t25-/m1/s1. The van der Waals surface area contributed by atoms with Crippen LogP contribution in [0.3, 0.4) is 0 Å². The highest BCUT2D eigenvalue weighted by Gasteiger charge is 2.21. The largest absolute Gasteiger partial charge is 0.466 e. The van der Waals surface area contributed by atoms with Gasteiger partial charge in [-0.3, -0.25) is 15.1 Å². The topological polar surface area (TPSA) is 104 Å². The van der Waals surface area contributed by atoms with Crippen LogP contribution in [0.4, 0.5) is 10.5 Å². The molecule has 0 unspecified atom stereocenters. The minimum absolute atomic E-state index is 0.211. The zero-order valence-corrected chi connectivity index (χ0v) is 21.8. The normalized spacial score (nSPS) is 11.6. The number of pyridine rings is 1. The van der Waals surface area contributed by atoms with E-state index < -0.39 is 6.09 Å². The summed E-state index contributed by atoms with van der Waals surface area (Å²) in [5.74, 6) is -0.0980. The first-order chi connectivity index (χ1) is 18.5. The third kappa shape index (κ3) is 6.45. The van der Waals surface area contributed by atoms with Gasteiger partial charge in [0.25, 0.3) is 0 Å². The van der Waals surface area contributed by atoms with Gasteiger partial charge in [0.2, 0.25) is 0 Å². The molecule has 1 amide bonds. The van der Waals surface area contributed by atoms with E-state index in [9.17, 15) is 9.59 Å². The second-order valence-corrected chi connectivity index (χ2v) is 8.74. The van der Waals surface area contributed by atoms with Crippen molar-refractivity contribution in [3.63, 3.8) is 0 Å². The molecule has 8 nitrogen and oxygen atoms in total. The Balaban J connectivity index is 1.42. The molecule has 2 aromatic carbocycles. The molecule has 0 radical (unpaired) electrons. The van der Waals surface area contributed by atoms with Crippen LogP contribution >= 0.6 is 0 Å². The fraction of sp³-hybridized carbons (Fsp3) is 0.267. The van der Waals surface area contributed by atoms with E-state index in [4.69, 9.17) is 14.0 Å². The van der Waals surface area contributed by atoms with Crippen molar-refractivity contribution >= 4 is 17.7 Å². The lowest BCUT2D eigenvalue weighted by Gasteiger charge is -2.14. The van der Waals surface area contributed by atoms with E-state index in [2.05, 4.69) is 15.5 Å².